The molecule has 0 spiro atoms. The highest BCUT2D eigenvalue weighted by atomic mass is 16.5. The van der Waals surface area contributed by atoms with Gasteiger partial charge in [0.2, 0.25) is 0 Å². The summed E-state index contributed by atoms with van der Waals surface area (Å²) < 4.78 is 5.65. The van der Waals surface area contributed by atoms with Crippen LogP contribution in [0.2, 0.25) is 0 Å². The Balaban J connectivity index is 2.07. The van der Waals surface area contributed by atoms with Crippen molar-refractivity contribution in [3.63, 3.8) is 0 Å². The molecule has 0 unspecified atom stereocenters. The number of carbonyl (C=O) groups excluding carboxylic acids is 1. The highest BCUT2D eigenvalue weighted by Crippen LogP contribution is 2.19. The van der Waals surface area contributed by atoms with E-state index in [2.05, 4.69) is 0 Å². The topological polar surface area (TPSA) is 46.5 Å². The average Bonchev–Trinajstić information content (AvgIpc) is 2.46. The summed E-state index contributed by atoms with van der Waals surface area (Å²) >= 11 is 0. The standard InChI is InChI=1S/C16H16O3/c1-12-2-7-16(15(8-12)10-18)19-11-14-5-3-13(9-17)4-6-14/h2-8,10,17H,9,11H2,1H3. The molecule has 0 aromatic heterocycles. The number of ether oxygens (including phenoxy) is 1. The molecule has 0 bridgehead atoms. The normalized spacial score (nSPS) is 10.2. The molecular weight excluding hydrogens is 240 g/mol. The molecule has 0 atom stereocenters. The Kier molecular flexibility index (Phi) is 4.31. The van der Waals surface area contributed by atoms with Gasteiger partial charge < -0.3 is 9.84 Å². The van der Waals surface area contributed by atoms with Crippen LogP contribution in [-0.4, -0.2) is 11.4 Å². The zero-order valence-corrected chi connectivity index (χ0v) is 10.8. The largest absolute Gasteiger partial charge is 0.488 e. The second kappa shape index (κ2) is 6.16. The summed E-state index contributed by atoms with van der Waals surface area (Å²) in [7, 11) is 0. The summed E-state index contributed by atoms with van der Waals surface area (Å²) in [5.41, 5.74) is 3.45. The predicted molar refractivity (Wildman–Crippen MR) is 73.3 cm³/mol. The van der Waals surface area contributed by atoms with Gasteiger partial charge in [0.05, 0.1) is 12.2 Å². The third-order valence-electron chi connectivity index (χ3n) is 2.89. The molecule has 0 radical (unpaired) electrons. The molecule has 2 rings (SSSR count). The van der Waals surface area contributed by atoms with Crippen molar-refractivity contribution in [1.82, 2.24) is 0 Å². The lowest BCUT2D eigenvalue weighted by Crippen LogP contribution is -1.99. The minimum atomic E-state index is 0.0361. The maximum absolute atomic E-state index is 11.0. The van der Waals surface area contributed by atoms with Crippen molar-refractivity contribution in [3.8, 4) is 5.75 Å². The SMILES string of the molecule is Cc1ccc(OCc2ccc(CO)cc2)c(C=O)c1. The van der Waals surface area contributed by atoms with E-state index in [1.165, 1.54) is 0 Å². The van der Waals surface area contributed by atoms with E-state index in [-0.39, 0.29) is 6.61 Å². The van der Waals surface area contributed by atoms with E-state index in [0.29, 0.717) is 17.9 Å². The Morgan fingerprint density at radius 2 is 1.79 bits per heavy atom. The first-order valence-electron chi connectivity index (χ1n) is 6.10. The maximum atomic E-state index is 11.0. The van der Waals surface area contributed by atoms with Gasteiger partial charge >= 0.3 is 0 Å². The quantitative estimate of drug-likeness (QED) is 0.837. The van der Waals surface area contributed by atoms with Crippen LogP contribution in [0.5, 0.6) is 5.75 Å². The number of carbonyl (C=O) groups is 1. The number of aldehydes is 1. The van der Waals surface area contributed by atoms with Crippen molar-refractivity contribution in [3.05, 3.63) is 64.7 Å². The van der Waals surface area contributed by atoms with Crippen molar-refractivity contribution in [2.24, 2.45) is 0 Å². The summed E-state index contributed by atoms with van der Waals surface area (Å²) in [5, 5.41) is 8.96. The van der Waals surface area contributed by atoms with Crippen LogP contribution >= 0.6 is 0 Å². The molecule has 3 heteroatoms. The molecule has 0 saturated carbocycles. The van der Waals surface area contributed by atoms with Gasteiger partial charge in [0.25, 0.3) is 0 Å². The van der Waals surface area contributed by atoms with Gasteiger partial charge in [-0.25, -0.2) is 0 Å². The lowest BCUT2D eigenvalue weighted by molar-refractivity contribution is 0.111. The fourth-order valence-electron chi connectivity index (χ4n) is 1.79. The van der Waals surface area contributed by atoms with Crippen LogP contribution in [-0.2, 0) is 13.2 Å². The minimum absolute atomic E-state index is 0.0361. The van der Waals surface area contributed by atoms with Crippen LogP contribution < -0.4 is 4.74 Å². The van der Waals surface area contributed by atoms with E-state index in [4.69, 9.17) is 9.84 Å². The van der Waals surface area contributed by atoms with E-state index in [9.17, 15) is 4.79 Å². The smallest absolute Gasteiger partial charge is 0.153 e. The molecule has 0 aliphatic heterocycles. The van der Waals surface area contributed by atoms with Gasteiger partial charge in [0, 0.05) is 0 Å². The fraction of sp³-hybridized carbons (Fsp3) is 0.188. The Morgan fingerprint density at radius 1 is 1.11 bits per heavy atom. The van der Waals surface area contributed by atoms with Gasteiger partial charge in [-0.3, -0.25) is 4.79 Å². The number of rotatable bonds is 5. The summed E-state index contributed by atoms with van der Waals surface area (Å²) in [4.78, 5) is 11.0. The number of aryl methyl sites for hydroxylation is 1. The van der Waals surface area contributed by atoms with Crippen LogP contribution in [0.1, 0.15) is 27.0 Å². The van der Waals surface area contributed by atoms with E-state index in [0.717, 1.165) is 23.0 Å². The molecule has 2 aromatic carbocycles. The summed E-state index contributed by atoms with van der Waals surface area (Å²) in [6.07, 6.45) is 0.803. The Hall–Kier alpha value is -2.13. The second-order valence-corrected chi connectivity index (χ2v) is 4.42. The van der Waals surface area contributed by atoms with Crippen molar-refractivity contribution in [2.75, 3.05) is 0 Å². The van der Waals surface area contributed by atoms with Crippen LogP contribution in [0.4, 0.5) is 0 Å². The van der Waals surface area contributed by atoms with Gasteiger partial charge in [-0.15, -0.1) is 0 Å². The zero-order valence-electron chi connectivity index (χ0n) is 10.8. The van der Waals surface area contributed by atoms with Crippen molar-refractivity contribution in [2.45, 2.75) is 20.1 Å². The number of aliphatic hydroxyl groups is 1. The lowest BCUT2D eigenvalue weighted by atomic mass is 10.1. The highest BCUT2D eigenvalue weighted by Gasteiger charge is 2.03. The van der Waals surface area contributed by atoms with Gasteiger partial charge in [-0.1, -0.05) is 35.9 Å². The van der Waals surface area contributed by atoms with Crippen LogP contribution in [0.15, 0.2) is 42.5 Å². The molecule has 19 heavy (non-hydrogen) atoms. The Labute approximate surface area is 112 Å². The maximum Gasteiger partial charge on any atom is 0.153 e. The molecule has 0 heterocycles. The van der Waals surface area contributed by atoms with Gasteiger partial charge in [0.1, 0.15) is 12.4 Å². The predicted octanol–water partition coefficient (Wildman–Crippen LogP) is 2.88. The monoisotopic (exact) mass is 256 g/mol. The number of aliphatic hydroxyl groups excluding tert-OH is 1. The second-order valence-electron chi connectivity index (χ2n) is 4.42. The molecular formula is C16H16O3. The molecule has 1 N–H and O–H groups in total. The van der Waals surface area contributed by atoms with Crippen LogP contribution in [0, 0.1) is 6.92 Å². The van der Waals surface area contributed by atoms with E-state index >= 15 is 0 Å². The van der Waals surface area contributed by atoms with Crippen molar-refractivity contribution >= 4 is 6.29 Å². The van der Waals surface area contributed by atoms with E-state index < -0.39 is 0 Å². The van der Waals surface area contributed by atoms with Crippen LogP contribution in [0.25, 0.3) is 0 Å². The minimum Gasteiger partial charge on any atom is -0.488 e. The number of benzene rings is 2. The number of hydrogen-bond donors (Lipinski definition) is 1. The molecule has 98 valence electrons. The van der Waals surface area contributed by atoms with E-state index in [1.54, 1.807) is 12.1 Å². The third kappa shape index (κ3) is 3.42. The Bertz CT molecular complexity index is 559. The van der Waals surface area contributed by atoms with Crippen molar-refractivity contribution in [1.29, 1.82) is 0 Å². The van der Waals surface area contributed by atoms with E-state index in [1.807, 2.05) is 37.3 Å². The van der Waals surface area contributed by atoms with Crippen molar-refractivity contribution < 1.29 is 14.6 Å². The molecule has 0 aliphatic rings. The molecule has 0 amide bonds. The summed E-state index contributed by atoms with van der Waals surface area (Å²) in [6, 6.07) is 13.0. The molecule has 3 nitrogen and oxygen atoms in total. The number of hydrogen-bond acceptors (Lipinski definition) is 3. The molecule has 0 saturated heterocycles. The average molecular weight is 256 g/mol. The zero-order chi connectivity index (χ0) is 13.7. The summed E-state index contributed by atoms with van der Waals surface area (Å²) in [6.45, 7) is 2.37. The summed E-state index contributed by atoms with van der Waals surface area (Å²) in [5.74, 6) is 0.590. The highest BCUT2D eigenvalue weighted by molar-refractivity contribution is 5.79. The molecule has 0 fully saturated rings. The lowest BCUT2D eigenvalue weighted by Gasteiger charge is -2.09. The molecule has 2 aromatic rings. The van der Waals surface area contributed by atoms with Gasteiger partial charge in [0.15, 0.2) is 6.29 Å². The van der Waals surface area contributed by atoms with Gasteiger partial charge in [-0.2, -0.15) is 0 Å². The third-order valence-corrected chi connectivity index (χ3v) is 2.89. The van der Waals surface area contributed by atoms with Crippen LogP contribution in [0.3, 0.4) is 0 Å². The Morgan fingerprint density at radius 3 is 2.42 bits per heavy atom. The molecule has 0 aliphatic carbocycles. The fourth-order valence-corrected chi connectivity index (χ4v) is 1.79. The van der Waals surface area contributed by atoms with Gasteiger partial charge in [-0.05, 0) is 30.2 Å². The first kappa shape index (κ1) is 13.3. The first-order valence-corrected chi connectivity index (χ1v) is 6.10. The first-order chi connectivity index (χ1) is 9.22.